The number of nitrogens with one attached hydrogen (secondary N) is 1. The van der Waals surface area contributed by atoms with Gasteiger partial charge in [-0.2, -0.15) is 5.10 Å². The Balaban J connectivity index is 1.83. The van der Waals surface area contributed by atoms with Crippen molar-refractivity contribution in [1.82, 2.24) is 15.1 Å². The maximum atomic E-state index is 5.81. The summed E-state index contributed by atoms with van der Waals surface area (Å²) >= 11 is 0. The third-order valence-corrected chi connectivity index (χ3v) is 5.51. The molecule has 1 aliphatic carbocycles. The van der Waals surface area contributed by atoms with Crippen LogP contribution in [0.15, 0.2) is 29.9 Å². The molecule has 5 nitrogen and oxygen atoms in total. The Morgan fingerprint density at radius 1 is 1.46 bits per heavy atom. The molecular formula is C21H35N5. The van der Waals surface area contributed by atoms with E-state index in [0.717, 1.165) is 48.1 Å². The summed E-state index contributed by atoms with van der Waals surface area (Å²) in [5, 5.41) is 7.86. The third kappa shape index (κ3) is 5.07. The minimum atomic E-state index is 0.501. The van der Waals surface area contributed by atoms with Crippen molar-refractivity contribution in [2.45, 2.75) is 46.0 Å². The molecule has 1 fully saturated rings. The van der Waals surface area contributed by atoms with Crippen molar-refractivity contribution < 1.29 is 0 Å². The summed E-state index contributed by atoms with van der Waals surface area (Å²) in [5.41, 5.74) is 9.33. The molecule has 0 unspecified atom stereocenters. The first-order valence-corrected chi connectivity index (χ1v) is 9.71. The number of rotatable bonds is 9. The lowest BCUT2D eigenvalue weighted by atomic mass is 9.58. The van der Waals surface area contributed by atoms with Crippen molar-refractivity contribution in [3.8, 4) is 0 Å². The summed E-state index contributed by atoms with van der Waals surface area (Å²) < 4.78 is 1.82. The highest BCUT2D eigenvalue weighted by molar-refractivity contribution is 5.95. The minimum Gasteiger partial charge on any atom is -0.370 e. The summed E-state index contributed by atoms with van der Waals surface area (Å²) in [4.78, 5) is 4.36. The first kappa shape index (κ1) is 20.4. The number of aliphatic imine (C=N–C) groups is 1. The molecule has 144 valence electrons. The molecule has 0 amide bonds. The monoisotopic (exact) mass is 357 g/mol. The first-order chi connectivity index (χ1) is 12.4. The van der Waals surface area contributed by atoms with Gasteiger partial charge in [-0.15, -0.1) is 0 Å². The standard InChI is InChI=1S/C21H35N5/c1-6-9-21(10-11-22)12-18(13-21)14-24-20(23-4)8-7-16(2)19-15-26(5)25-17(19)3/h7-8,15,18H,2,6,9-14,22H2,1,3-5H3,(H,23,24)/b8-7-. The van der Waals surface area contributed by atoms with Crippen LogP contribution < -0.4 is 11.1 Å². The number of hydrogen-bond acceptors (Lipinski definition) is 3. The van der Waals surface area contributed by atoms with E-state index in [1.807, 2.05) is 44.0 Å². The topological polar surface area (TPSA) is 68.2 Å². The number of hydrogen-bond donors (Lipinski definition) is 2. The zero-order chi connectivity index (χ0) is 19.2. The SMILES string of the molecule is C=C(/C=C\C(=NC)NCC1CC(CCC)(CCN)C1)c1cn(C)nc1C. The second-order valence-corrected chi connectivity index (χ2v) is 7.71. The number of aromatic nitrogens is 2. The van der Waals surface area contributed by atoms with Crippen LogP contribution in [0.25, 0.3) is 5.57 Å². The van der Waals surface area contributed by atoms with E-state index in [-0.39, 0.29) is 0 Å². The van der Waals surface area contributed by atoms with E-state index in [1.54, 1.807) is 0 Å². The Kier molecular flexibility index (Phi) is 7.21. The van der Waals surface area contributed by atoms with Crippen LogP contribution in [0.5, 0.6) is 0 Å². The molecule has 3 N–H and O–H groups in total. The van der Waals surface area contributed by atoms with Gasteiger partial charge < -0.3 is 11.1 Å². The summed E-state index contributed by atoms with van der Waals surface area (Å²) in [7, 11) is 3.75. The van der Waals surface area contributed by atoms with Crippen molar-refractivity contribution >= 4 is 11.4 Å². The first-order valence-electron chi connectivity index (χ1n) is 9.71. The fraction of sp³-hybridized carbons (Fsp3) is 0.619. The molecule has 1 aromatic heterocycles. The van der Waals surface area contributed by atoms with Gasteiger partial charge in [-0.3, -0.25) is 9.67 Å². The molecule has 1 saturated carbocycles. The quantitative estimate of drug-likeness (QED) is 0.404. The lowest BCUT2D eigenvalue weighted by Crippen LogP contribution is -2.44. The molecule has 0 aromatic carbocycles. The normalized spacial score (nSPS) is 23.3. The average Bonchev–Trinajstić information content (AvgIpc) is 2.91. The molecule has 0 aliphatic heterocycles. The van der Waals surface area contributed by atoms with Gasteiger partial charge in [-0.25, -0.2) is 0 Å². The van der Waals surface area contributed by atoms with E-state index in [1.165, 1.54) is 25.7 Å². The van der Waals surface area contributed by atoms with Crippen molar-refractivity contribution in [1.29, 1.82) is 0 Å². The van der Waals surface area contributed by atoms with Gasteiger partial charge in [0, 0.05) is 32.4 Å². The van der Waals surface area contributed by atoms with E-state index in [9.17, 15) is 0 Å². The van der Waals surface area contributed by atoms with Gasteiger partial charge in [0.15, 0.2) is 0 Å². The lowest BCUT2D eigenvalue weighted by molar-refractivity contribution is 0.0396. The van der Waals surface area contributed by atoms with E-state index in [4.69, 9.17) is 5.73 Å². The maximum absolute atomic E-state index is 5.81. The van der Waals surface area contributed by atoms with Gasteiger partial charge in [0.05, 0.1) is 5.69 Å². The molecule has 2 rings (SSSR count). The predicted octanol–water partition coefficient (Wildman–Crippen LogP) is 3.46. The molecule has 0 radical (unpaired) electrons. The molecule has 1 aromatic rings. The summed E-state index contributed by atoms with van der Waals surface area (Å²) in [5.74, 6) is 1.63. The zero-order valence-corrected chi connectivity index (χ0v) is 16.9. The highest BCUT2D eigenvalue weighted by Crippen LogP contribution is 2.50. The fourth-order valence-corrected chi connectivity index (χ4v) is 4.32. The van der Waals surface area contributed by atoms with Crippen molar-refractivity contribution in [3.63, 3.8) is 0 Å². The Hall–Kier alpha value is -1.88. The molecule has 0 bridgehead atoms. The molecule has 5 heteroatoms. The van der Waals surface area contributed by atoms with E-state index in [0.29, 0.717) is 5.41 Å². The van der Waals surface area contributed by atoms with Crippen LogP contribution in [0.4, 0.5) is 0 Å². The van der Waals surface area contributed by atoms with Crippen molar-refractivity contribution in [3.05, 3.63) is 36.2 Å². The Bertz CT molecular complexity index is 654. The van der Waals surface area contributed by atoms with Gasteiger partial charge >= 0.3 is 0 Å². The molecule has 1 heterocycles. The predicted molar refractivity (Wildman–Crippen MR) is 111 cm³/mol. The van der Waals surface area contributed by atoms with E-state index >= 15 is 0 Å². The fourth-order valence-electron chi connectivity index (χ4n) is 4.32. The van der Waals surface area contributed by atoms with Crippen LogP contribution in [0.2, 0.25) is 0 Å². The Morgan fingerprint density at radius 2 is 2.19 bits per heavy atom. The average molecular weight is 358 g/mol. The van der Waals surface area contributed by atoms with Gasteiger partial charge in [-0.1, -0.05) is 26.0 Å². The molecule has 1 aliphatic rings. The van der Waals surface area contributed by atoms with Crippen LogP contribution in [0.3, 0.4) is 0 Å². The second-order valence-electron chi connectivity index (χ2n) is 7.71. The smallest absolute Gasteiger partial charge is 0.120 e. The molecule has 0 saturated heterocycles. The van der Waals surface area contributed by atoms with Crippen LogP contribution in [0, 0.1) is 18.3 Å². The minimum absolute atomic E-state index is 0.501. The molecule has 26 heavy (non-hydrogen) atoms. The molecular weight excluding hydrogens is 322 g/mol. The molecule has 0 spiro atoms. The van der Waals surface area contributed by atoms with Crippen molar-refractivity contribution in [2.24, 2.45) is 29.1 Å². The number of nitrogens with two attached hydrogens (primary N) is 1. The van der Waals surface area contributed by atoms with E-state index < -0.39 is 0 Å². The van der Waals surface area contributed by atoms with Gasteiger partial charge in [-0.05, 0) is 62.1 Å². The molecule has 0 atom stereocenters. The van der Waals surface area contributed by atoms with Gasteiger partial charge in [0.25, 0.3) is 0 Å². The number of amidine groups is 1. The summed E-state index contributed by atoms with van der Waals surface area (Å²) in [6, 6.07) is 0. The largest absolute Gasteiger partial charge is 0.370 e. The Morgan fingerprint density at radius 3 is 2.73 bits per heavy atom. The zero-order valence-electron chi connectivity index (χ0n) is 16.9. The third-order valence-electron chi connectivity index (χ3n) is 5.51. The number of allylic oxidation sites excluding steroid dienone is 2. The highest BCUT2D eigenvalue weighted by Gasteiger charge is 2.42. The van der Waals surface area contributed by atoms with Crippen LogP contribution in [-0.4, -0.2) is 35.8 Å². The number of nitrogens with zero attached hydrogens (tertiary/aromatic N) is 3. The Labute approximate surface area is 158 Å². The maximum Gasteiger partial charge on any atom is 0.120 e. The summed E-state index contributed by atoms with van der Waals surface area (Å²) in [6.45, 7) is 10.2. The van der Waals surface area contributed by atoms with Gasteiger partial charge in [0.2, 0.25) is 0 Å². The van der Waals surface area contributed by atoms with Crippen LogP contribution in [0.1, 0.15) is 50.3 Å². The van der Waals surface area contributed by atoms with E-state index in [2.05, 4.69) is 28.9 Å². The second kappa shape index (κ2) is 9.17. The van der Waals surface area contributed by atoms with Gasteiger partial charge in [0.1, 0.15) is 5.84 Å². The summed E-state index contributed by atoms with van der Waals surface area (Å²) in [6.07, 6.45) is 12.3. The van der Waals surface area contributed by atoms with Crippen molar-refractivity contribution in [2.75, 3.05) is 20.1 Å². The highest BCUT2D eigenvalue weighted by atomic mass is 15.2. The lowest BCUT2D eigenvalue weighted by Gasteiger charge is -2.48. The van der Waals surface area contributed by atoms with Crippen LogP contribution in [-0.2, 0) is 7.05 Å². The van der Waals surface area contributed by atoms with Crippen LogP contribution >= 0.6 is 0 Å². The number of aryl methyl sites for hydroxylation is 2.